The van der Waals surface area contributed by atoms with Gasteiger partial charge in [-0.3, -0.25) is 14.6 Å². The molecule has 2 N–H and O–H groups in total. The predicted molar refractivity (Wildman–Crippen MR) is 84.8 cm³/mol. The molecule has 7 nitrogen and oxygen atoms in total. The van der Waals surface area contributed by atoms with Gasteiger partial charge in [0.05, 0.1) is 5.69 Å². The minimum absolute atomic E-state index is 0.0136. The van der Waals surface area contributed by atoms with Crippen LogP contribution in [0.1, 0.15) is 48.6 Å². The topological polar surface area (TPSA) is 92.7 Å². The van der Waals surface area contributed by atoms with E-state index < -0.39 is 0 Å². The van der Waals surface area contributed by atoms with Crippen molar-refractivity contribution in [3.8, 4) is 5.95 Å². The zero-order valence-electron chi connectivity index (χ0n) is 13.2. The maximum absolute atomic E-state index is 12.1. The van der Waals surface area contributed by atoms with Crippen LogP contribution in [0.5, 0.6) is 0 Å². The zero-order chi connectivity index (χ0) is 16.1. The molecule has 2 saturated carbocycles. The van der Waals surface area contributed by atoms with Crippen molar-refractivity contribution < 1.29 is 4.79 Å². The van der Waals surface area contributed by atoms with Crippen molar-refractivity contribution in [2.24, 2.45) is 5.92 Å². The summed E-state index contributed by atoms with van der Waals surface area (Å²) in [5.74, 6) is 1.49. The van der Waals surface area contributed by atoms with Gasteiger partial charge in [0.15, 0.2) is 0 Å². The number of nitrogens with one attached hydrogen (secondary N) is 2. The van der Waals surface area contributed by atoms with E-state index in [1.54, 1.807) is 18.5 Å². The largest absolute Gasteiger partial charge is 0.310 e. The first kappa shape index (κ1) is 14.2. The fourth-order valence-corrected chi connectivity index (χ4v) is 2.53. The Morgan fingerprint density at radius 1 is 1.30 bits per heavy atom. The average molecular weight is 313 g/mol. The highest BCUT2D eigenvalue weighted by atomic mass is 16.2. The first-order chi connectivity index (χ1) is 11.0. The van der Waals surface area contributed by atoms with E-state index in [2.05, 4.69) is 20.4 Å². The Balaban J connectivity index is 1.76. The Hall–Kier alpha value is -2.44. The molecule has 0 radical (unpaired) electrons. The highest BCUT2D eigenvalue weighted by Gasteiger charge is 2.32. The average Bonchev–Trinajstić information content (AvgIpc) is 3.41. The van der Waals surface area contributed by atoms with Gasteiger partial charge < -0.3 is 5.32 Å². The Labute approximate surface area is 133 Å². The normalized spacial score (nSPS) is 17.3. The van der Waals surface area contributed by atoms with Gasteiger partial charge in [-0.25, -0.2) is 4.98 Å². The molecule has 23 heavy (non-hydrogen) atoms. The summed E-state index contributed by atoms with van der Waals surface area (Å²) in [5.41, 5.74) is 2.01. The molecular formula is C16H19N5O2. The van der Waals surface area contributed by atoms with Crippen molar-refractivity contribution in [1.29, 1.82) is 0 Å². The van der Waals surface area contributed by atoms with Gasteiger partial charge in [0.1, 0.15) is 5.82 Å². The summed E-state index contributed by atoms with van der Waals surface area (Å²) in [6.45, 7) is 3.53. The van der Waals surface area contributed by atoms with Crippen LogP contribution in [-0.2, 0) is 4.79 Å². The van der Waals surface area contributed by atoms with Crippen molar-refractivity contribution in [1.82, 2.24) is 19.7 Å². The van der Waals surface area contributed by atoms with Gasteiger partial charge in [0.25, 0.3) is 5.56 Å². The molecule has 0 aromatic carbocycles. The Morgan fingerprint density at radius 3 is 2.65 bits per heavy atom. The van der Waals surface area contributed by atoms with E-state index in [1.165, 1.54) is 0 Å². The lowest BCUT2D eigenvalue weighted by molar-refractivity contribution is -0.117. The van der Waals surface area contributed by atoms with Gasteiger partial charge in [-0.2, -0.15) is 9.78 Å². The third-order valence-corrected chi connectivity index (χ3v) is 4.51. The van der Waals surface area contributed by atoms with Gasteiger partial charge in [-0.15, -0.1) is 0 Å². The first-order valence-electron chi connectivity index (χ1n) is 8.01. The molecule has 0 atom stereocenters. The number of carbonyl (C=O) groups excluding carboxylic acids is 1. The number of aromatic nitrogens is 4. The van der Waals surface area contributed by atoms with E-state index >= 15 is 0 Å². The standard InChI is InChI=1S/C16H19N5O2/c1-8-9(2)17-16(19-14(8)22)21-13(18-15(23)11-5-6-11)7-12(20-21)10-3-4-10/h7,10-11H,3-6H2,1-2H3,(H,18,23)(H,17,19,22). The minimum Gasteiger partial charge on any atom is -0.310 e. The second-order valence-corrected chi connectivity index (χ2v) is 6.50. The highest BCUT2D eigenvalue weighted by Crippen LogP contribution is 2.40. The summed E-state index contributed by atoms with van der Waals surface area (Å²) in [7, 11) is 0. The van der Waals surface area contributed by atoms with E-state index in [9.17, 15) is 9.59 Å². The fraction of sp³-hybridized carbons (Fsp3) is 0.500. The molecule has 0 saturated heterocycles. The highest BCUT2D eigenvalue weighted by molar-refractivity contribution is 5.93. The van der Waals surface area contributed by atoms with Crippen LogP contribution in [0.3, 0.4) is 0 Å². The SMILES string of the molecule is Cc1nc(-n2nc(C3CC3)cc2NC(=O)C2CC2)[nH]c(=O)c1C. The molecule has 2 aliphatic rings. The lowest BCUT2D eigenvalue weighted by Gasteiger charge is -2.08. The number of nitrogens with zero attached hydrogens (tertiary/aromatic N) is 3. The van der Waals surface area contributed by atoms with Crippen molar-refractivity contribution >= 4 is 11.7 Å². The molecule has 2 aliphatic carbocycles. The van der Waals surface area contributed by atoms with Crippen LogP contribution in [0.4, 0.5) is 5.82 Å². The number of rotatable bonds is 4. The summed E-state index contributed by atoms with van der Waals surface area (Å²) in [6.07, 6.45) is 4.11. The lowest BCUT2D eigenvalue weighted by Crippen LogP contribution is -2.21. The summed E-state index contributed by atoms with van der Waals surface area (Å²) in [5, 5.41) is 7.48. The van der Waals surface area contributed by atoms with E-state index in [0.29, 0.717) is 28.9 Å². The number of amides is 1. The van der Waals surface area contributed by atoms with E-state index in [1.807, 2.05) is 6.07 Å². The monoisotopic (exact) mass is 313 g/mol. The number of anilines is 1. The van der Waals surface area contributed by atoms with Gasteiger partial charge in [0, 0.05) is 29.2 Å². The summed E-state index contributed by atoms with van der Waals surface area (Å²) in [6, 6.07) is 1.90. The molecule has 0 aliphatic heterocycles. The second-order valence-electron chi connectivity index (χ2n) is 6.50. The van der Waals surface area contributed by atoms with Crippen molar-refractivity contribution in [2.45, 2.75) is 45.4 Å². The number of aromatic amines is 1. The third kappa shape index (κ3) is 2.67. The van der Waals surface area contributed by atoms with E-state index in [0.717, 1.165) is 31.4 Å². The molecule has 1 amide bonds. The van der Waals surface area contributed by atoms with Crippen LogP contribution in [-0.4, -0.2) is 25.7 Å². The molecular weight excluding hydrogens is 294 g/mol. The second kappa shape index (κ2) is 5.04. The molecule has 2 heterocycles. The Kier molecular flexibility index (Phi) is 3.11. The number of hydrogen-bond acceptors (Lipinski definition) is 4. The van der Waals surface area contributed by atoms with Crippen LogP contribution >= 0.6 is 0 Å². The third-order valence-electron chi connectivity index (χ3n) is 4.51. The molecule has 0 spiro atoms. The molecule has 0 bridgehead atoms. The Bertz CT molecular complexity index is 843. The van der Waals surface area contributed by atoms with E-state index in [4.69, 9.17) is 0 Å². The van der Waals surface area contributed by atoms with Crippen molar-refractivity contribution in [2.75, 3.05) is 5.32 Å². The maximum Gasteiger partial charge on any atom is 0.255 e. The maximum atomic E-state index is 12.1. The minimum atomic E-state index is -0.185. The van der Waals surface area contributed by atoms with Crippen molar-refractivity contribution in [3.63, 3.8) is 0 Å². The van der Waals surface area contributed by atoms with Crippen LogP contribution in [0, 0.1) is 19.8 Å². The molecule has 0 unspecified atom stereocenters. The van der Waals surface area contributed by atoms with E-state index in [-0.39, 0.29) is 17.4 Å². The van der Waals surface area contributed by atoms with Gasteiger partial charge in [-0.1, -0.05) is 0 Å². The quantitative estimate of drug-likeness (QED) is 0.900. The summed E-state index contributed by atoms with van der Waals surface area (Å²) >= 11 is 0. The number of carbonyl (C=O) groups is 1. The molecule has 2 aromatic heterocycles. The van der Waals surface area contributed by atoms with Gasteiger partial charge in [0.2, 0.25) is 11.9 Å². The predicted octanol–water partition coefficient (Wildman–Crippen LogP) is 1.80. The zero-order valence-corrected chi connectivity index (χ0v) is 13.2. The number of H-pyrrole nitrogens is 1. The number of aryl methyl sites for hydroxylation is 1. The lowest BCUT2D eigenvalue weighted by atomic mass is 10.3. The smallest absolute Gasteiger partial charge is 0.255 e. The molecule has 7 heteroatoms. The van der Waals surface area contributed by atoms with Crippen LogP contribution in [0.25, 0.3) is 5.95 Å². The van der Waals surface area contributed by atoms with Gasteiger partial charge in [-0.05, 0) is 39.5 Å². The summed E-state index contributed by atoms with van der Waals surface area (Å²) < 4.78 is 1.54. The number of hydrogen-bond donors (Lipinski definition) is 2. The van der Waals surface area contributed by atoms with Crippen LogP contribution in [0.2, 0.25) is 0 Å². The molecule has 2 fully saturated rings. The summed E-state index contributed by atoms with van der Waals surface area (Å²) in [4.78, 5) is 31.3. The fourth-order valence-electron chi connectivity index (χ4n) is 2.53. The van der Waals surface area contributed by atoms with Crippen LogP contribution in [0.15, 0.2) is 10.9 Å². The molecule has 4 rings (SSSR count). The first-order valence-corrected chi connectivity index (χ1v) is 8.01. The van der Waals surface area contributed by atoms with Crippen molar-refractivity contribution in [3.05, 3.63) is 33.4 Å². The molecule has 2 aromatic rings. The van der Waals surface area contributed by atoms with Crippen LogP contribution < -0.4 is 10.9 Å². The molecule has 120 valence electrons. The van der Waals surface area contributed by atoms with Gasteiger partial charge >= 0.3 is 0 Å². The Morgan fingerprint density at radius 2 is 2.04 bits per heavy atom.